The maximum atomic E-state index is 11.9. The van der Waals surface area contributed by atoms with Crippen LogP contribution in [0.5, 0.6) is 0 Å². The smallest absolute Gasteiger partial charge is 0.338 e. The second-order valence-corrected chi connectivity index (χ2v) is 5.01. The first kappa shape index (κ1) is 16.5. The molecule has 0 aliphatic carbocycles. The van der Waals surface area contributed by atoms with Gasteiger partial charge in [0.05, 0.1) is 5.56 Å². The van der Waals surface area contributed by atoms with Crippen LogP contribution < -0.4 is 11.1 Å². The Hall–Kier alpha value is -1.55. The molecule has 112 valence electrons. The van der Waals surface area contributed by atoms with Crippen molar-refractivity contribution in [2.45, 2.75) is 52.1 Å². The van der Waals surface area contributed by atoms with Crippen LogP contribution in [0.4, 0.5) is 5.69 Å². The quantitative estimate of drug-likeness (QED) is 0.567. The number of ether oxygens (including phenoxy) is 1. The van der Waals surface area contributed by atoms with Crippen molar-refractivity contribution in [3.05, 3.63) is 29.8 Å². The zero-order valence-corrected chi connectivity index (χ0v) is 12.7. The van der Waals surface area contributed by atoms with Gasteiger partial charge in [-0.1, -0.05) is 20.8 Å². The number of rotatable bonds is 8. The van der Waals surface area contributed by atoms with Crippen molar-refractivity contribution in [1.29, 1.82) is 0 Å². The average Bonchev–Trinajstić information content (AvgIpc) is 2.48. The molecule has 0 aromatic heterocycles. The Morgan fingerprint density at radius 2 is 1.65 bits per heavy atom. The van der Waals surface area contributed by atoms with Crippen molar-refractivity contribution >= 4 is 11.7 Å². The largest absolute Gasteiger partial charge is 0.460 e. The fourth-order valence-electron chi connectivity index (χ4n) is 2.02. The Kier molecular flexibility index (Phi) is 7.09. The predicted octanol–water partition coefficient (Wildman–Crippen LogP) is 2.98. The van der Waals surface area contributed by atoms with Gasteiger partial charge in [0.15, 0.2) is 0 Å². The highest BCUT2D eigenvalue weighted by Gasteiger charge is 2.14. The number of carbonyl (C=O) groups is 1. The summed E-state index contributed by atoms with van der Waals surface area (Å²) in [6.07, 6.45) is 3.10. The van der Waals surface area contributed by atoms with Crippen LogP contribution >= 0.6 is 0 Å². The third kappa shape index (κ3) is 5.21. The minimum absolute atomic E-state index is 0.206. The zero-order valence-electron chi connectivity index (χ0n) is 12.7. The molecule has 0 fully saturated rings. The van der Waals surface area contributed by atoms with Crippen LogP contribution in [0, 0.1) is 0 Å². The monoisotopic (exact) mass is 278 g/mol. The highest BCUT2D eigenvalue weighted by atomic mass is 16.5. The van der Waals surface area contributed by atoms with E-state index >= 15 is 0 Å². The van der Waals surface area contributed by atoms with E-state index in [0.717, 1.165) is 19.3 Å². The lowest BCUT2D eigenvalue weighted by Gasteiger charge is -2.23. The molecule has 0 saturated carbocycles. The number of hydrogen-bond donors (Lipinski definition) is 2. The minimum Gasteiger partial charge on any atom is -0.460 e. The highest BCUT2D eigenvalue weighted by molar-refractivity contribution is 5.89. The summed E-state index contributed by atoms with van der Waals surface area (Å²) in [6, 6.07) is 7.47. The van der Waals surface area contributed by atoms with Crippen LogP contribution in [0.3, 0.4) is 0 Å². The van der Waals surface area contributed by atoms with Gasteiger partial charge in [-0.3, -0.25) is 0 Å². The van der Waals surface area contributed by atoms with E-state index in [-0.39, 0.29) is 12.0 Å². The third-order valence-corrected chi connectivity index (χ3v) is 3.51. The van der Waals surface area contributed by atoms with Gasteiger partial charge in [-0.15, -0.1) is 0 Å². The second kappa shape index (κ2) is 8.59. The second-order valence-electron chi connectivity index (χ2n) is 5.01. The summed E-state index contributed by atoms with van der Waals surface area (Å²) in [5, 5.41) is 3.52. The number of hydrogen-bond acceptors (Lipinski definition) is 4. The van der Waals surface area contributed by atoms with Crippen molar-refractivity contribution < 1.29 is 9.53 Å². The molecule has 0 amide bonds. The Balaban J connectivity index is 2.47. The molecule has 1 atom stereocenters. The summed E-state index contributed by atoms with van der Waals surface area (Å²) >= 11 is 0. The summed E-state index contributed by atoms with van der Waals surface area (Å²) in [4.78, 5) is 11.9. The molecule has 0 saturated heterocycles. The standard InChI is InChI=1S/C16H26N2O2/c1-4-14(5-2)18-15(6-3)11-20-16(19)12-7-9-13(17)10-8-12/h7-10,14-15,18H,4-6,11,17H2,1-3H3/t15-/m0/s1. The molecule has 1 rings (SSSR count). The third-order valence-electron chi connectivity index (χ3n) is 3.51. The van der Waals surface area contributed by atoms with Crippen molar-refractivity contribution in [1.82, 2.24) is 5.32 Å². The molecule has 20 heavy (non-hydrogen) atoms. The number of benzene rings is 1. The Morgan fingerprint density at radius 3 is 2.15 bits per heavy atom. The van der Waals surface area contributed by atoms with Crippen molar-refractivity contribution in [3.63, 3.8) is 0 Å². The van der Waals surface area contributed by atoms with E-state index < -0.39 is 0 Å². The van der Waals surface area contributed by atoms with Gasteiger partial charge >= 0.3 is 5.97 Å². The van der Waals surface area contributed by atoms with E-state index in [1.807, 2.05) is 0 Å². The van der Waals surface area contributed by atoms with Crippen LogP contribution in [0.15, 0.2) is 24.3 Å². The molecule has 4 heteroatoms. The first-order chi connectivity index (χ1) is 9.60. The van der Waals surface area contributed by atoms with Crippen LogP contribution in [0.1, 0.15) is 50.4 Å². The molecule has 0 unspecified atom stereocenters. The van der Waals surface area contributed by atoms with Crippen molar-refractivity contribution in [2.75, 3.05) is 12.3 Å². The van der Waals surface area contributed by atoms with E-state index in [1.165, 1.54) is 0 Å². The normalized spacial score (nSPS) is 12.4. The lowest BCUT2D eigenvalue weighted by Crippen LogP contribution is -2.40. The number of nitrogens with two attached hydrogens (primary N) is 1. The molecule has 3 N–H and O–H groups in total. The van der Waals surface area contributed by atoms with E-state index in [9.17, 15) is 4.79 Å². The molecule has 0 spiro atoms. The highest BCUT2D eigenvalue weighted by Crippen LogP contribution is 2.08. The number of nitrogen functional groups attached to an aromatic ring is 1. The fourth-order valence-corrected chi connectivity index (χ4v) is 2.02. The molecule has 0 bridgehead atoms. The summed E-state index contributed by atoms with van der Waals surface area (Å²) in [6.45, 7) is 6.82. The Morgan fingerprint density at radius 1 is 1.10 bits per heavy atom. The van der Waals surface area contributed by atoms with Gasteiger partial charge in [0.25, 0.3) is 0 Å². The number of anilines is 1. The van der Waals surface area contributed by atoms with Crippen LogP contribution in [-0.4, -0.2) is 24.7 Å². The molecule has 1 aromatic rings. The molecule has 0 radical (unpaired) electrons. The van der Waals surface area contributed by atoms with E-state index in [0.29, 0.717) is 23.9 Å². The maximum absolute atomic E-state index is 11.9. The maximum Gasteiger partial charge on any atom is 0.338 e. The molecule has 4 nitrogen and oxygen atoms in total. The van der Waals surface area contributed by atoms with Gasteiger partial charge < -0.3 is 15.8 Å². The average molecular weight is 278 g/mol. The Labute approximate surface area is 121 Å². The van der Waals surface area contributed by atoms with Gasteiger partial charge in [0.2, 0.25) is 0 Å². The lowest BCUT2D eigenvalue weighted by molar-refractivity contribution is 0.0456. The van der Waals surface area contributed by atoms with E-state index in [1.54, 1.807) is 24.3 Å². The van der Waals surface area contributed by atoms with Gasteiger partial charge in [-0.25, -0.2) is 4.79 Å². The lowest BCUT2D eigenvalue weighted by atomic mass is 10.1. The number of nitrogens with one attached hydrogen (secondary N) is 1. The summed E-state index contributed by atoms with van der Waals surface area (Å²) in [5.74, 6) is -0.296. The Bertz CT molecular complexity index is 399. The van der Waals surface area contributed by atoms with Crippen molar-refractivity contribution in [3.8, 4) is 0 Å². The summed E-state index contributed by atoms with van der Waals surface area (Å²) in [7, 11) is 0. The van der Waals surface area contributed by atoms with E-state index in [2.05, 4.69) is 26.1 Å². The summed E-state index contributed by atoms with van der Waals surface area (Å²) < 4.78 is 5.37. The van der Waals surface area contributed by atoms with Gasteiger partial charge in [-0.2, -0.15) is 0 Å². The van der Waals surface area contributed by atoms with Crippen molar-refractivity contribution in [2.24, 2.45) is 0 Å². The van der Waals surface area contributed by atoms with Crippen LogP contribution in [0.2, 0.25) is 0 Å². The molecule has 0 aliphatic rings. The molecule has 0 aliphatic heterocycles. The van der Waals surface area contributed by atoms with Gasteiger partial charge in [0.1, 0.15) is 6.61 Å². The number of esters is 1. The van der Waals surface area contributed by atoms with Crippen LogP contribution in [0.25, 0.3) is 0 Å². The summed E-state index contributed by atoms with van der Waals surface area (Å²) in [5.41, 5.74) is 6.77. The molecule has 0 heterocycles. The molecular formula is C16H26N2O2. The molecule has 1 aromatic carbocycles. The predicted molar refractivity (Wildman–Crippen MR) is 82.7 cm³/mol. The SMILES string of the molecule is CCC(CC)N[C@@H](CC)COC(=O)c1ccc(N)cc1. The first-order valence-electron chi connectivity index (χ1n) is 7.39. The first-order valence-corrected chi connectivity index (χ1v) is 7.39. The van der Waals surface area contributed by atoms with Gasteiger partial charge in [0, 0.05) is 17.8 Å². The van der Waals surface area contributed by atoms with Crippen LogP contribution in [-0.2, 0) is 4.74 Å². The minimum atomic E-state index is -0.296. The fraction of sp³-hybridized carbons (Fsp3) is 0.562. The number of carbonyl (C=O) groups excluding carboxylic acids is 1. The van der Waals surface area contributed by atoms with E-state index in [4.69, 9.17) is 10.5 Å². The topological polar surface area (TPSA) is 64.3 Å². The zero-order chi connectivity index (χ0) is 15.0. The van der Waals surface area contributed by atoms with Gasteiger partial charge in [-0.05, 0) is 43.5 Å². The molecular weight excluding hydrogens is 252 g/mol.